The largest absolute Gasteiger partial charge is 0.409 e. The normalized spacial score (nSPS) is 13.4. The van der Waals surface area contributed by atoms with Gasteiger partial charge in [-0.25, -0.2) is 0 Å². The molecule has 1 amide bonds. The van der Waals surface area contributed by atoms with Crippen molar-refractivity contribution in [3.8, 4) is 0 Å². The van der Waals surface area contributed by atoms with Gasteiger partial charge in [0, 0.05) is 24.7 Å². The van der Waals surface area contributed by atoms with Crippen LogP contribution in [0.15, 0.2) is 11.4 Å². The van der Waals surface area contributed by atoms with E-state index in [0.29, 0.717) is 18.7 Å². The van der Waals surface area contributed by atoms with Gasteiger partial charge in [-0.15, -0.1) is 0 Å². The van der Waals surface area contributed by atoms with Crippen LogP contribution in [0.4, 0.5) is 0 Å². The third-order valence-electron chi connectivity index (χ3n) is 2.84. The fraction of sp³-hybridized carbons (Fsp3) is 0.545. The number of amidine groups is 1. The molecule has 4 N–H and O–H groups in total. The molecule has 0 radical (unpaired) electrons. The molecule has 7 nitrogen and oxygen atoms in total. The van der Waals surface area contributed by atoms with Crippen LogP contribution in [0.2, 0.25) is 0 Å². The molecule has 0 saturated heterocycles. The Morgan fingerprint density at radius 2 is 2.39 bits per heavy atom. The average molecular weight is 253 g/mol. The summed E-state index contributed by atoms with van der Waals surface area (Å²) >= 11 is 0. The molecular weight excluding hydrogens is 234 g/mol. The maximum Gasteiger partial charge on any atom is 0.257 e. The molecular formula is C11H19N5O2. The van der Waals surface area contributed by atoms with Crippen LogP contribution in [0.25, 0.3) is 0 Å². The van der Waals surface area contributed by atoms with Crippen molar-refractivity contribution >= 4 is 11.7 Å². The van der Waals surface area contributed by atoms with Crippen LogP contribution in [-0.2, 0) is 0 Å². The first-order valence-electron chi connectivity index (χ1n) is 5.77. The predicted octanol–water partition coefficient (Wildman–Crippen LogP) is 0.563. The van der Waals surface area contributed by atoms with E-state index < -0.39 is 0 Å². The summed E-state index contributed by atoms with van der Waals surface area (Å²) in [5.41, 5.74) is 6.79. The van der Waals surface area contributed by atoms with Crippen molar-refractivity contribution in [1.82, 2.24) is 15.1 Å². The van der Waals surface area contributed by atoms with Crippen molar-refractivity contribution in [2.75, 3.05) is 13.1 Å². The Bertz CT molecular complexity index is 440. The minimum Gasteiger partial charge on any atom is -0.409 e. The number of amides is 1. The van der Waals surface area contributed by atoms with Gasteiger partial charge >= 0.3 is 0 Å². The van der Waals surface area contributed by atoms with Gasteiger partial charge < -0.3 is 15.8 Å². The van der Waals surface area contributed by atoms with E-state index in [9.17, 15) is 4.79 Å². The maximum absolute atomic E-state index is 12.2. The minimum atomic E-state index is -0.203. The van der Waals surface area contributed by atoms with Gasteiger partial charge in [-0.05, 0) is 13.8 Å². The highest BCUT2D eigenvalue weighted by Gasteiger charge is 2.21. The Morgan fingerprint density at radius 1 is 1.72 bits per heavy atom. The number of hydrogen-bond acceptors (Lipinski definition) is 4. The molecule has 0 fully saturated rings. The van der Waals surface area contributed by atoms with Gasteiger partial charge in [0.2, 0.25) is 0 Å². The fourth-order valence-electron chi connectivity index (χ4n) is 1.61. The van der Waals surface area contributed by atoms with Gasteiger partial charge in [0.05, 0.1) is 11.8 Å². The zero-order chi connectivity index (χ0) is 13.7. The smallest absolute Gasteiger partial charge is 0.257 e. The second-order valence-corrected chi connectivity index (χ2v) is 4.18. The lowest BCUT2D eigenvalue weighted by Gasteiger charge is -2.23. The summed E-state index contributed by atoms with van der Waals surface area (Å²) in [5.74, 6) is -0.197. The molecule has 0 aliphatic rings. The third-order valence-corrected chi connectivity index (χ3v) is 2.84. The average Bonchev–Trinajstić information content (AvgIpc) is 2.79. The van der Waals surface area contributed by atoms with Gasteiger partial charge in [-0.1, -0.05) is 12.1 Å². The van der Waals surface area contributed by atoms with Crippen molar-refractivity contribution in [2.24, 2.45) is 16.8 Å². The number of aromatic nitrogens is 2. The number of rotatable bonds is 5. The zero-order valence-electron chi connectivity index (χ0n) is 10.8. The summed E-state index contributed by atoms with van der Waals surface area (Å²) in [6.45, 7) is 6.42. The van der Waals surface area contributed by atoms with Crippen molar-refractivity contribution in [3.05, 3.63) is 17.5 Å². The quantitative estimate of drug-likeness (QED) is 0.308. The predicted molar refractivity (Wildman–Crippen MR) is 67.5 cm³/mol. The summed E-state index contributed by atoms with van der Waals surface area (Å²) in [4.78, 5) is 13.9. The SMILES string of the molecule is CCN(CC(C)C(N)=NO)C(=O)c1cn[nH]c1C. The maximum atomic E-state index is 12.2. The van der Waals surface area contributed by atoms with Crippen LogP contribution in [0, 0.1) is 12.8 Å². The topological polar surface area (TPSA) is 108 Å². The van der Waals surface area contributed by atoms with E-state index in [-0.39, 0.29) is 17.7 Å². The second-order valence-electron chi connectivity index (χ2n) is 4.18. The molecule has 0 aliphatic heterocycles. The summed E-state index contributed by atoms with van der Waals surface area (Å²) in [6, 6.07) is 0. The standard InChI is InChI=1S/C11H19N5O2/c1-4-16(6-7(2)10(12)15-18)11(17)9-5-13-14-8(9)3/h5,7,18H,4,6H2,1-3H3,(H2,12,15)(H,13,14). The van der Waals surface area contributed by atoms with Gasteiger partial charge in [0.1, 0.15) is 5.84 Å². The van der Waals surface area contributed by atoms with Crippen LogP contribution in [0.5, 0.6) is 0 Å². The van der Waals surface area contributed by atoms with Crippen molar-refractivity contribution in [2.45, 2.75) is 20.8 Å². The molecule has 0 spiro atoms. The number of carbonyl (C=O) groups excluding carboxylic acids is 1. The van der Waals surface area contributed by atoms with Crippen LogP contribution in [0.3, 0.4) is 0 Å². The van der Waals surface area contributed by atoms with Crippen LogP contribution < -0.4 is 5.73 Å². The first-order chi connectivity index (χ1) is 8.51. The van der Waals surface area contributed by atoms with Crippen molar-refractivity contribution in [3.63, 3.8) is 0 Å². The lowest BCUT2D eigenvalue weighted by atomic mass is 10.1. The Hall–Kier alpha value is -2.05. The number of H-pyrrole nitrogens is 1. The highest BCUT2D eigenvalue weighted by molar-refractivity contribution is 5.95. The third kappa shape index (κ3) is 2.99. The second kappa shape index (κ2) is 6.04. The fourth-order valence-corrected chi connectivity index (χ4v) is 1.61. The van der Waals surface area contributed by atoms with E-state index >= 15 is 0 Å². The number of hydrogen-bond donors (Lipinski definition) is 3. The highest BCUT2D eigenvalue weighted by Crippen LogP contribution is 2.09. The monoisotopic (exact) mass is 253 g/mol. The molecule has 1 unspecified atom stereocenters. The lowest BCUT2D eigenvalue weighted by molar-refractivity contribution is 0.0753. The van der Waals surface area contributed by atoms with E-state index in [2.05, 4.69) is 15.4 Å². The van der Waals surface area contributed by atoms with Crippen molar-refractivity contribution < 1.29 is 10.0 Å². The molecule has 100 valence electrons. The van der Waals surface area contributed by atoms with E-state index in [0.717, 1.165) is 5.69 Å². The molecule has 0 aromatic carbocycles. The number of carbonyl (C=O) groups is 1. The number of nitrogens with one attached hydrogen (secondary N) is 1. The summed E-state index contributed by atoms with van der Waals surface area (Å²) in [5, 5.41) is 18.1. The summed E-state index contributed by atoms with van der Waals surface area (Å²) in [7, 11) is 0. The number of oxime groups is 1. The molecule has 1 heterocycles. The Morgan fingerprint density at radius 3 is 2.83 bits per heavy atom. The molecule has 1 rings (SSSR count). The molecule has 1 aromatic rings. The summed E-state index contributed by atoms with van der Waals surface area (Å²) in [6.07, 6.45) is 1.51. The molecule has 0 saturated carbocycles. The van der Waals surface area contributed by atoms with E-state index in [1.54, 1.807) is 18.7 Å². The first kappa shape index (κ1) is 14.0. The van der Waals surface area contributed by atoms with Crippen LogP contribution in [0.1, 0.15) is 29.9 Å². The zero-order valence-corrected chi connectivity index (χ0v) is 10.8. The first-order valence-corrected chi connectivity index (χ1v) is 5.77. The van der Waals surface area contributed by atoms with Crippen molar-refractivity contribution in [1.29, 1.82) is 0 Å². The molecule has 1 aromatic heterocycles. The number of nitrogens with two attached hydrogens (primary N) is 1. The number of aryl methyl sites for hydroxylation is 1. The molecule has 7 heteroatoms. The molecule has 18 heavy (non-hydrogen) atoms. The van der Waals surface area contributed by atoms with Gasteiger partial charge in [0.25, 0.3) is 5.91 Å². The van der Waals surface area contributed by atoms with E-state index in [1.807, 2.05) is 6.92 Å². The van der Waals surface area contributed by atoms with Gasteiger partial charge in [-0.2, -0.15) is 5.10 Å². The van der Waals surface area contributed by atoms with Gasteiger partial charge in [0.15, 0.2) is 0 Å². The molecule has 0 bridgehead atoms. The number of aromatic amines is 1. The van der Waals surface area contributed by atoms with Crippen LogP contribution in [-0.4, -0.2) is 45.1 Å². The Kier molecular flexibility index (Phi) is 4.70. The molecule has 0 aliphatic carbocycles. The number of nitrogens with zero attached hydrogens (tertiary/aromatic N) is 3. The Labute approximate surface area is 106 Å². The highest BCUT2D eigenvalue weighted by atomic mass is 16.4. The van der Waals surface area contributed by atoms with Crippen LogP contribution >= 0.6 is 0 Å². The molecule has 1 atom stereocenters. The minimum absolute atomic E-state index is 0.110. The lowest BCUT2D eigenvalue weighted by Crippen LogP contribution is -2.38. The van der Waals surface area contributed by atoms with E-state index in [4.69, 9.17) is 10.9 Å². The Balaban J connectivity index is 2.79. The van der Waals surface area contributed by atoms with E-state index in [1.165, 1.54) is 6.20 Å². The summed E-state index contributed by atoms with van der Waals surface area (Å²) < 4.78 is 0. The van der Waals surface area contributed by atoms with Gasteiger partial charge in [-0.3, -0.25) is 9.89 Å².